The summed E-state index contributed by atoms with van der Waals surface area (Å²) >= 11 is 3.22. The first-order valence-corrected chi connectivity index (χ1v) is 8.57. The number of nitrogens with one attached hydrogen (secondary N) is 2. The predicted octanol–water partition coefficient (Wildman–Crippen LogP) is 1.39. The Kier molecular flexibility index (Phi) is 6.53. The van der Waals surface area contributed by atoms with Gasteiger partial charge >= 0.3 is 0 Å². The van der Waals surface area contributed by atoms with E-state index in [-0.39, 0.29) is 5.69 Å². The molecule has 0 spiro atoms. The van der Waals surface area contributed by atoms with E-state index in [1.54, 1.807) is 12.1 Å². The third kappa shape index (κ3) is 5.95. The van der Waals surface area contributed by atoms with Gasteiger partial charge in [-0.2, -0.15) is 0 Å². The molecule has 0 saturated heterocycles. The molecule has 0 aliphatic heterocycles. The second-order valence-corrected chi connectivity index (χ2v) is 6.83. The van der Waals surface area contributed by atoms with Crippen LogP contribution in [0.1, 0.15) is 12.0 Å². The summed E-state index contributed by atoms with van der Waals surface area (Å²) in [5.74, 6) is 0. The molecule has 0 unspecified atom stereocenters. The zero-order valence-electron chi connectivity index (χ0n) is 10.9. The number of rotatable bonds is 8. The van der Waals surface area contributed by atoms with Crippen LogP contribution in [0.3, 0.4) is 0 Å². The molecule has 1 aromatic rings. The van der Waals surface area contributed by atoms with Gasteiger partial charge in [-0.25, -0.2) is 13.1 Å². The fraction of sp³-hybridized carbons (Fsp3) is 0.455. The SMILES string of the molecule is CS(=O)(=O)NCCCNCc1cccc([N+](=O)[O-])c1Br. The normalized spacial score (nSPS) is 11.5. The molecule has 112 valence electrons. The highest BCUT2D eigenvalue weighted by molar-refractivity contribution is 9.10. The van der Waals surface area contributed by atoms with Crippen molar-refractivity contribution in [3.63, 3.8) is 0 Å². The van der Waals surface area contributed by atoms with Crippen LogP contribution in [0, 0.1) is 10.1 Å². The molecule has 0 aromatic heterocycles. The van der Waals surface area contributed by atoms with Crippen molar-refractivity contribution in [3.05, 3.63) is 38.3 Å². The fourth-order valence-corrected chi connectivity index (χ4v) is 2.60. The van der Waals surface area contributed by atoms with E-state index < -0.39 is 14.9 Å². The Labute approximate surface area is 126 Å². The van der Waals surface area contributed by atoms with Crippen molar-refractivity contribution in [2.75, 3.05) is 19.3 Å². The van der Waals surface area contributed by atoms with E-state index in [2.05, 4.69) is 26.0 Å². The molecule has 0 heterocycles. The van der Waals surface area contributed by atoms with Gasteiger partial charge in [0.2, 0.25) is 10.0 Å². The van der Waals surface area contributed by atoms with Gasteiger partial charge in [0.05, 0.1) is 15.7 Å². The molecule has 2 N–H and O–H groups in total. The minimum absolute atomic E-state index is 0.0306. The van der Waals surface area contributed by atoms with Crippen LogP contribution in [0.5, 0.6) is 0 Å². The average Bonchev–Trinajstić information content (AvgIpc) is 2.33. The van der Waals surface area contributed by atoms with Crippen LogP contribution in [0.15, 0.2) is 22.7 Å². The summed E-state index contributed by atoms with van der Waals surface area (Å²) < 4.78 is 24.5. The third-order valence-corrected chi connectivity index (χ3v) is 4.11. The van der Waals surface area contributed by atoms with E-state index in [4.69, 9.17) is 0 Å². The number of hydrogen-bond acceptors (Lipinski definition) is 5. The molecule has 20 heavy (non-hydrogen) atoms. The van der Waals surface area contributed by atoms with Crippen molar-refractivity contribution < 1.29 is 13.3 Å². The van der Waals surface area contributed by atoms with Crippen molar-refractivity contribution in [1.29, 1.82) is 0 Å². The summed E-state index contributed by atoms with van der Waals surface area (Å²) in [6.07, 6.45) is 1.75. The van der Waals surface area contributed by atoms with Crippen LogP contribution >= 0.6 is 15.9 Å². The van der Waals surface area contributed by atoms with Gasteiger partial charge in [-0.1, -0.05) is 12.1 Å². The molecule has 0 bridgehead atoms. The van der Waals surface area contributed by atoms with Gasteiger partial charge in [-0.05, 0) is 34.5 Å². The van der Waals surface area contributed by atoms with E-state index >= 15 is 0 Å². The van der Waals surface area contributed by atoms with Gasteiger partial charge in [-0.15, -0.1) is 0 Å². The summed E-state index contributed by atoms with van der Waals surface area (Å²) in [6.45, 7) is 1.45. The molecule has 0 aliphatic rings. The summed E-state index contributed by atoms with van der Waals surface area (Å²) in [5.41, 5.74) is 0.818. The predicted molar refractivity (Wildman–Crippen MR) is 80.0 cm³/mol. The standard InChI is InChI=1S/C11H16BrN3O4S/c1-20(18,19)14-7-3-6-13-8-9-4-2-5-10(11(9)12)15(16)17/h2,4-5,13-14H,3,6-8H2,1H3. The van der Waals surface area contributed by atoms with Gasteiger partial charge in [0.25, 0.3) is 5.69 Å². The largest absolute Gasteiger partial charge is 0.313 e. The number of nitro benzene ring substituents is 1. The minimum atomic E-state index is -3.15. The lowest BCUT2D eigenvalue weighted by Crippen LogP contribution is -2.26. The molecule has 1 aromatic carbocycles. The fourth-order valence-electron chi connectivity index (χ4n) is 1.54. The van der Waals surface area contributed by atoms with Crippen LogP contribution < -0.4 is 10.0 Å². The zero-order chi connectivity index (χ0) is 15.2. The Bertz CT molecular complexity index is 577. The van der Waals surface area contributed by atoms with Crippen molar-refractivity contribution in [1.82, 2.24) is 10.0 Å². The molecule has 0 aliphatic carbocycles. The lowest BCUT2D eigenvalue weighted by atomic mass is 10.2. The minimum Gasteiger partial charge on any atom is -0.313 e. The number of nitrogens with zero attached hydrogens (tertiary/aromatic N) is 1. The Hall–Kier alpha value is -1.03. The lowest BCUT2D eigenvalue weighted by Gasteiger charge is -2.07. The highest BCUT2D eigenvalue weighted by Gasteiger charge is 2.14. The highest BCUT2D eigenvalue weighted by atomic mass is 79.9. The van der Waals surface area contributed by atoms with E-state index in [1.165, 1.54) is 6.07 Å². The van der Waals surface area contributed by atoms with E-state index in [1.807, 2.05) is 0 Å². The Balaban J connectivity index is 2.40. The van der Waals surface area contributed by atoms with E-state index in [0.29, 0.717) is 30.5 Å². The molecule has 0 atom stereocenters. The molecule has 1 rings (SSSR count). The van der Waals surface area contributed by atoms with Crippen LogP contribution in [0.4, 0.5) is 5.69 Å². The molecular weight excluding hydrogens is 350 g/mol. The summed E-state index contributed by atoms with van der Waals surface area (Å²) in [6, 6.07) is 4.85. The molecule has 0 fully saturated rings. The smallest absolute Gasteiger partial charge is 0.283 e. The Morgan fingerprint density at radius 2 is 2.05 bits per heavy atom. The maximum atomic E-state index is 10.8. The first kappa shape index (κ1) is 17.0. The first-order chi connectivity index (χ1) is 9.31. The van der Waals surface area contributed by atoms with Gasteiger partial charge in [0.15, 0.2) is 0 Å². The number of halogens is 1. The quantitative estimate of drug-likeness (QED) is 0.411. The molecule has 0 amide bonds. The van der Waals surface area contributed by atoms with E-state index in [0.717, 1.165) is 11.8 Å². The van der Waals surface area contributed by atoms with Gasteiger partial charge < -0.3 is 5.32 Å². The average molecular weight is 366 g/mol. The van der Waals surface area contributed by atoms with Gasteiger partial charge in [0.1, 0.15) is 0 Å². The van der Waals surface area contributed by atoms with Crippen molar-refractivity contribution in [3.8, 4) is 0 Å². The number of sulfonamides is 1. The topological polar surface area (TPSA) is 101 Å². The third-order valence-electron chi connectivity index (χ3n) is 2.47. The van der Waals surface area contributed by atoms with Gasteiger partial charge in [0, 0.05) is 19.2 Å². The molecule has 0 radical (unpaired) electrons. The van der Waals surface area contributed by atoms with Gasteiger partial charge in [-0.3, -0.25) is 10.1 Å². The number of nitro groups is 1. The zero-order valence-corrected chi connectivity index (χ0v) is 13.3. The molecular formula is C11H16BrN3O4S. The van der Waals surface area contributed by atoms with Crippen LogP contribution in [0.2, 0.25) is 0 Å². The monoisotopic (exact) mass is 365 g/mol. The van der Waals surface area contributed by atoms with E-state index in [9.17, 15) is 18.5 Å². The first-order valence-electron chi connectivity index (χ1n) is 5.88. The maximum absolute atomic E-state index is 10.8. The van der Waals surface area contributed by atoms with Crippen LogP contribution in [-0.2, 0) is 16.6 Å². The van der Waals surface area contributed by atoms with Crippen molar-refractivity contribution in [2.24, 2.45) is 0 Å². The second-order valence-electron chi connectivity index (χ2n) is 4.20. The van der Waals surface area contributed by atoms with Crippen molar-refractivity contribution in [2.45, 2.75) is 13.0 Å². The van der Waals surface area contributed by atoms with Crippen molar-refractivity contribution >= 4 is 31.6 Å². The Morgan fingerprint density at radius 3 is 2.65 bits per heavy atom. The summed E-state index contributed by atoms with van der Waals surface area (Å²) in [5, 5.41) is 13.9. The molecule has 7 nitrogen and oxygen atoms in total. The maximum Gasteiger partial charge on any atom is 0.283 e. The second kappa shape index (κ2) is 7.67. The number of hydrogen-bond donors (Lipinski definition) is 2. The number of benzene rings is 1. The summed E-state index contributed by atoms with van der Waals surface area (Å²) in [7, 11) is -3.15. The molecule has 0 saturated carbocycles. The highest BCUT2D eigenvalue weighted by Crippen LogP contribution is 2.27. The molecule has 9 heteroatoms. The van der Waals surface area contributed by atoms with Crippen LogP contribution in [-0.4, -0.2) is 32.7 Å². The van der Waals surface area contributed by atoms with Crippen LogP contribution in [0.25, 0.3) is 0 Å². The lowest BCUT2D eigenvalue weighted by molar-refractivity contribution is -0.385. The Morgan fingerprint density at radius 1 is 1.35 bits per heavy atom. The summed E-state index contributed by atoms with van der Waals surface area (Å²) in [4.78, 5) is 10.3.